The molecule has 0 amide bonds. The van der Waals surface area contributed by atoms with Crippen LogP contribution in [0.1, 0.15) is 24.8 Å². The van der Waals surface area contributed by atoms with Crippen molar-refractivity contribution in [1.29, 1.82) is 5.41 Å². The highest BCUT2D eigenvalue weighted by Crippen LogP contribution is 2.05. The number of esters is 1. The van der Waals surface area contributed by atoms with E-state index in [1.807, 2.05) is 0 Å². The summed E-state index contributed by atoms with van der Waals surface area (Å²) in [4.78, 5) is 11.2. The summed E-state index contributed by atoms with van der Waals surface area (Å²) in [6, 6.07) is 0. The van der Waals surface area contributed by atoms with Gasteiger partial charge in [-0.1, -0.05) is 0 Å². The van der Waals surface area contributed by atoms with Gasteiger partial charge >= 0.3 is 5.97 Å². The number of rotatable bonds is 3. The number of ether oxygens (including phenoxy) is 1. The number of hydrogen-bond acceptors (Lipinski definition) is 4. The predicted molar refractivity (Wildman–Crippen MR) is 45.4 cm³/mol. The average molecular weight is 174 g/mol. The summed E-state index contributed by atoms with van der Waals surface area (Å²) in [5, 5.41) is 16.5. The maximum atomic E-state index is 11.2. The maximum Gasteiger partial charge on any atom is 0.343 e. The zero-order chi connectivity index (χ0) is 12.2. The highest BCUT2D eigenvalue weighted by molar-refractivity contribution is 6.17. The molecule has 0 heterocycles. The molecular formula is C8H13NO3. The van der Waals surface area contributed by atoms with Crippen LogP contribution in [0.25, 0.3) is 0 Å². The summed E-state index contributed by atoms with van der Waals surface area (Å²) < 4.78 is 25.3. The van der Waals surface area contributed by atoms with E-state index in [1.54, 1.807) is 6.92 Å². The molecule has 0 spiro atoms. The molecule has 0 atom stereocenters. The normalized spacial score (nSPS) is 16.7. The Hall–Kier alpha value is -1.32. The lowest BCUT2D eigenvalue weighted by Gasteiger charge is -2.05. The standard InChI is InChI=1S/C8H13NO3/c1-4-12-8(11)7(5(2)9)6(3)10/h9-10H,4H2,1-3H3/b7-6+,9-5?/i3D3. The van der Waals surface area contributed by atoms with E-state index < -0.39 is 24.2 Å². The van der Waals surface area contributed by atoms with Crippen molar-refractivity contribution in [2.75, 3.05) is 6.61 Å². The summed E-state index contributed by atoms with van der Waals surface area (Å²) in [5.74, 6) is -2.10. The first-order chi connectivity index (χ1) is 6.71. The summed E-state index contributed by atoms with van der Waals surface area (Å²) >= 11 is 0. The Morgan fingerprint density at radius 1 is 1.75 bits per heavy atom. The molecule has 0 rings (SSSR count). The van der Waals surface area contributed by atoms with Crippen LogP contribution in [-0.4, -0.2) is 23.4 Å². The molecule has 4 nitrogen and oxygen atoms in total. The Kier molecular flexibility index (Phi) is 2.35. The SMILES string of the molecule is [2H]C([2H])([2H])/C(O)=C(/C(C)=N)C(=O)OCC. The van der Waals surface area contributed by atoms with Gasteiger partial charge in [0.1, 0.15) is 11.3 Å². The predicted octanol–water partition coefficient (Wildman–Crippen LogP) is 1.42. The van der Waals surface area contributed by atoms with Crippen LogP contribution < -0.4 is 0 Å². The second-order valence-electron chi connectivity index (χ2n) is 2.07. The lowest BCUT2D eigenvalue weighted by molar-refractivity contribution is -0.138. The fraction of sp³-hybridized carbons (Fsp3) is 0.500. The van der Waals surface area contributed by atoms with Gasteiger partial charge in [-0.25, -0.2) is 4.79 Å². The van der Waals surface area contributed by atoms with E-state index in [9.17, 15) is 9.90 Å². The number of carbonyl (C=O) groups is 1. The Balaban J connectivity index is 5.31. The Morgan fingerprint density at radius 3 is 2.67 bits per heavy atom. The molecule has 0 unspecified atom stereocenters. The topological polar surface area (TPSA) is 70.4 Å². The van der Waals surface area contributed by atoms with Crippen molar-refractivity contribution in [1.82, 2.24) is 0 Å². The van der Waals surface area contributed by atoms with Gasteiger partial charge in [0.15, 0.2) is 0 Å². The molecule has 4 heteroatoms. The molecular weight excluding hydrogens is 158 g/mol. The fourth-order valence-corrected chi connectivity index (χ4v) is 0.631. The van der Waals surface area contributed by atoms with Gasteiger partial charge in [0, 0.05) is 9.82 Å². The summed E-state index contributed by atoms with van der Waals surface area (Å²) in [7, 11) is 0. The van der Waals surface area contributed by atoms with Crippen LogP contribution in [0.5, 0.6) is 0 Å². The zero-order valence-corrected chi connectivity index (χ0v) is 6.97. The van der Waals surface area contributed by atoms with E-state index in [0.29, 0.717) is 0 Å². The van der Waals surface area contributed by atoms with Gasteiger partial charge in [0.05, 0.1) is 6.61 Å². The molecule has 12 heavy (non-hydrogen) atoms. The van der Waals surface area contributed by atoms with Gasteiger partial charge in [-0.05, 0) is 20.7 Å². The number of hydrogen-bond donors (Lipinski definition) is 2. The molecule has 68 valence electrons. The number of carbonyl (C=O) groups excluding carboxylic acids is 1. The monoisotopic (exact) mass is 174 g/mol. The van der Waals surface area contributed by atoms with Crippen molar-refractivity contribution < 1.29 is 18.8 Å². The summed E-state index contributed by atoms with van der Waals surface area (Å²) in [5.41, 5.74) is -0.945. The minimum atomic E-state index is -2.82. The van der Waals surface area contributed by atoms with Crippen molar-refractivity contribution in [3.05, 3.63) is 11.3 Å². The van der Waals surface area contributed by atoms with Crippen LogP contribution in [0.15, 0.2) is 11.3 Å². The van der Waals surface area contributed by atoms with Crippen LogP contribution >= 0.6 is 0 Å². The average Bonchev–Trinajstić information content (AvgIpc) is 2.02. The first kappa shape index (κ1) is 6.22. The molecule has 0 saturated carbocycles. The van der Waals surface area contributed by atoms with Crippen molar-refractivity contribution in [3.63, 3.8) is 0 Å². The van der Waals surface area contributed by atoms with E-state index in [4.69, 9.17) is 9.52 Å². The molecule has 0 aromatic rings. The quantitative estimate of drug-likeness (QED) is 0.294. The minimum absolute atomic E-state index is 0.0455. The maximum absolute atomic E-state index is 11.2. The Morgan fingerprint density at radius 2 is 2.33 bits per heavy atom. The molecule has 0 aliphatic heterocycles. The smallest absolute Gasteiger partial charge is 0.343 e. The van der Waals surface area contributed by atoms with E-state index in [0.717, 1.165) is 0 Å². The Labute approximate surface area is 75.6 Å². The second kappa shape index (κ2) is 4.54. The molecule has 0 aromatic carbocycles. The van der Waals surface area contributed by atoms with Crippen molar-refractivity contribution >= 4 is 11.7 Å². The summed E-state index contributed by atoms with van der Waals surface area (Å²) in [6.45, 7) is -0.0241. The third-order valence-corrected chi connectivity index (χ3v) is 1.09. The lowest BCUT2D eigenvalue weighted by atomic mass is 10.1. The van der Waals surface area contributed by atoms with Crippen LogP contribution in [-0.2, 0) is 9.53 Å². The van der Waals surface area contributed by atoms with E-state index in [1.165, 1.54) is 6.92 Å². The molecule has 0 fully saturated rings. The van der Waals surface area contributed by atoms with Gasteiger partial charge in [-0.3, -0.25) is 0 Å². The highest BCUT2D eigenvalue weighted by atomic mass is 16.5. The third-order valence-electron chi connectivity index (χ3n) is 1.09. The molecule has 2 N–H and O–H groups in total. The van der Waals surface area contributed by atoms with Gasteiger partial charge in [-0.15, -0.1) is 0 Å². The van der Waals surface area contributed by atoms with E-state index in [-0.39, 0.29) is 12.3 Å². The van der Waals surface area contributed by atoms with Crippen LogP contribution in [0.4, 0.5) is 0 Å². The highest BCUT2D eigenvalue weighted by Gasteiger charge is 2.15. The zero-order valence-electron chi connectivity index (χ0n) is 9.97. The molecule has 0 aliphatic carbocycles. The lowest BCUT2D eigenvalue weighted by Crippen LogP contribution is -2.15. The molecule has 0 radical (unpaired) electrons. The molecule has 0 saturated heterocycles. The largest absolute Gasteiger partial charge is 0.512 e. The first-order valence-electron chi connectivity index (χ1n) is 4.88. The Bertz CT molecular complexity index is 307. The van der Waals surface area contributed by atoms with Gasteiger partial charge in [0.25, 0.3) is 0 Å². The van der Waals surface area contributed by atoms with Crippen LogP contribution in [0.2, 0.25) is 0 Å². The first-order valence-corrected chi connectivity index (χ1v) is 3.38. The van der Waals surface area contributed by atoms with Crippen LogP contribution in [0, 0.1) is 5.41 Å². The third kappa shape index (κ3) is 2.74. The number of aliphatic hydroxyl groups is 1. The minimum Gasteiger partial charge on any atom is -0.512 e. The van der Waals surface area contributed by atoms with Crippen LogP contribution in [0.3, 0.4) is 0 Å². The molecule has 0 bridgehead atoms. The van der Waals surface area contributed by atoms with Gasteiger partial charge in [0.2, 0.25) is 0 Å². The summed E-state index contributed by atoms with van der Waals surface area (Å²) in [6.07, 6.45) is 0. The second-order valence-corrected chi connectivity index (χ2v) is 2.07. The van der Waals surface area contributed by atoms with Crippen molar-refractivity contribution in [2.24, 2.45) is 0 Å². The van der Waals surface area contributed by atoms with Gasteiger partial charge < -0.3 is 15.3 Å². The van der Waals surface area contributed by atoms with E-state index >= 15 is 0 Å². The van der Waals surface area contributed by atoms with Gasteiger partial charge in [-0.2, -0.15) is 0 Å². The number of allylic oxidation sites excluding steroid dienone is 1. The molecule has 0 aliphatic rings. The fourth-order valence-electron chi connectivity index (χ4n) is 0.631. The van der Waals surface area contributed by atoms with Crippen molar-refractivity contribution in [3.8, 4) is 0 Å². The molecule has 0 aromatic heterocycles. The number of aliphatic hydroxyl groups excluding tert-OH is 1. The number of nitrogens with one attached hydrogen (secondary N) is 1. The van der Waals surface area contributed by atoms with Crippen molar-refractivity contribution in [2.45, 2.75) is 20.7 Å². The van der Waals surface area contributed by atoms with E-state index in [2.05, 4.69) is 4.74 Å².